The van der Waals surface area contributed by atoms with Crippen molar-refractivity contribution in [2.45, 2.75) is 33.4 Å². The smallest absolute Gasteiger partial charge is 0.242 e. The third-order valence-corrected chi connectivity index (χ3v) is 3.41. The fraction of sp³-hybridized carbons (Fsp3) is 0.333. The number of carbonyl (C=O) groups excluding carboxylic acids is 1. The predicted molar refractivity (Wildman–Crippen MR) is 79.1 cm³/mol. The molecule has 0 fully saturated rings. The molecule has 106 valence electrons. The second-order valence-corrected chi connectivity index (χ2v) is 4.94. The summed E-state index contributed by atoms with van der Waals surface area (Å²) in [6, 6.07) is 9.83. The largest absolute Gasteiger partial charge is 0.396 e. The van der Waals surface area contributed by atoms with Crippen LogP contribution in [0, 0.1) is 13.8 Å². The summed E-state index contributed by atoms with van der Waals surface area (Å²) in [4.78, 5) is 12.1. The molecule has 3 N–H and O–H groups in total. The van der Waals surface area contributed by atoms with Gasteiger partial charge in [-0.15, -0.1) is 0 Å². The minimum absolute atomic E-state index is 0.0296. The Bertz CT molecular complexity index is 604. The van der Waals surface area contributed by atoms with E-state index in [1.165, 1.54) is 0 Å². The van der Waals surface area contributed by atoms with Crippen LogP contribution < -0.4 is 11.1 Å². The Morgan fingerprint density at radius 2 is 2.00 bits per heavy atom. The van der Waals surface area contributed by atoms with Crippen LogP contribution in [0.4, 0.5) is 5.69 Å². The highest BCUT2D eigenvalue weighted by Gasteiger charge is 2.13. The normalized spacial score (nSPS) is 12.2. The third-order valence-electron chi connectivity index (χ3n) is 3.41. The van der Waals surface area contributed by atoms with E-state index in [4.69, 9.17) is 5.73 Å². The van der Waals surface area contributed by atoms with Crippen LogP contribution in [0.3, 0.4) is 0 Å². The zero-order valence-electron chi connectivity index (χ0n) is 12.1. The van der Waals surface area contributed by atoms with Gasteiger partial charge >= 0.3 is 0 Å². The van der Waals surface area contributed by atoms with E-state index in [1.54, 1.807) is 4.68 Å². The Hall–Kier alpha value is -2.30. The summed E-state index contributed by atoms with van der Waals surface area (Å²) in [5.41, 5.74) is 9.16. The Morgan fingerprint density at radius 3 is 2.55 bits per heavy atom. The minimum atomic E-state index is -0.0769. The monoisotopic (exact) mass is 272 g/mol. The number of nitrogens with zero attached hydrogens (tertiary/aromatic N) is 2. The summed E-state index contributed by atoms with van der Waals surface area (Å²) in [6.07, 6.45) is 0. The standard InChI is InChI=1S/C15H20N4O/c1-10(13-7-5-4-6-8-13)17-14(20)9-19-12(3)15(16)11(2)18-19/h4-8,10H,9,16H2,1-3H3,(H,17,20)/t10-/m0/s1. The number of nitrogens with one attached hydrogen (secondary N) is 1. The van der Waals surface area contributed by atoms with Crippen LogP contribution in [0.25, 0.3) is 0 Å². The molecule has 5 nitrogen and oxygen atoms in total. The fourth-order valence-electron chi connectivity index (χ4n) is 2.11. The number of nitrogens with two attached hydrogens (primary N) is 1. The number of hydrogen-bond acceptors (Lipinski definition) is 3. The summed E-state index contributed by atoms with van der Waals surface area (Å²) in [7, 11) is 0. The molecule has 0 bridgehead atoms. The quantitative estimate of drug-likeness (QED) is 0.893. The van der Waals surface area contributed by atoms with Crippen molar-refractivity contribution in [2.24, 2.45) is 0 Å². The van der Waals surface area contributed by atoms with Gasteiger partial charge in [0.1, 0.15) is 6.54 Å². The summed E-state index contributed by atoms with van der Waals surface area (Å²) in [5.74, 6) is -0.0769. The average molecular weight is 272 g/mol. The zero-order chi connectivity index (χ0) is 14.7. The molecule has 1 aromatic carbocycles. The van der Waals surface area contributed by atoms with E-state index in [-0.39, 0.29) is 18.5 Å². The first-order valence-electron chi connectivity index (χ1n) is 6.63. The third kappa shape index (κ3) is 2.99. The first-order chi connectivity index (χ1) is 9.49. The van der Waals surface area contributed by atoms with Crippen LogP contribution in [0.1, 0.15) is 29.9 Å². The maximum atomic E-state index is 12.1. The van der Waals surface area contributed by atoms with Gasteiger partial charge in [0.05, 0.1) is 23.1 Å². The van der Waals surface area contributed by atoms with Gasteiger partial charge in [-0.2, -0.15) is 5.10 Å². The van der Waals surface area contributed by atoms with Crippen LogP contribution in [-0.4, -0.2) is 15.7 Å². The van der Waals surface area contributed by atoms with Crippen molar-refractivity contribution < 1.29 is 4.79 Å². The molecule has 1 amide bonds. The number of benzene rings is 1. The second kappa shape index (κ2) is 5.77. The number of carbonyl (C=O) groups is 1. The van der Waals surface area contributed by atoms with Crippen molar-refractivity contribution in [3.8, 4) is 0 Å². The maximum Gasteiger partial charge on any atom is 0.242 e. The van der Waals surface area contributed by atoms with E-state index < -0.39 is 0 Å². The number of anilines is 1. The fourth-order valence-corrected chi connectivity index (χ4v) is 2.11. The van der Waals surface area contributed by atoms with Gasteiger partial charge in [-0.05, 0) is 26.3 Å². The first kappa shape index (κ1) is 14.1. The van der Waals surface area contributed by atoms with Crippen molar-refractivity contribution in [1.82, 2.24) is 15.1 Å². The van der Waals surface area contributed by atoms with Crippen molar-refractivity contribution in [3.05, 3.63) is 47.3 Å². The van der Waals surface area contributed by atoms with E-state index in [0.29, 0.717) is 5.69 Å². The first-order valence-corrected chi connectivity index (χ1v) is 6.63. The highest BCUT2D eigenvalue weighted by molar-refractivity contribution is 5.76. The molecule has 0 radical (unpaired) electrons. The van der Waals surface area contributed by atoms with Gasteiger partial charge < -0.3 is 11.1 Å². The van der Waals surface area contributed by atoms with Crippen molar-refractivity contribution >= 4 is 11.6 Å². The molecular weight excluding hydrogens is 252 g/mol. The zero-order valence-corrected chi connectivity index (χ0v) is 12.1. The van der Waals surface area contributed by atoms with Gasteiger partial charge in [0.25, 0.3) is 0 Å². The molecule has 0 aliphatic carbocycles. The van der Waals surface area contributed by atoms with Crippen LogP contribution in [0.2, 0.25) is 0 Å². The number of nitrogen functional groups attached to an aromatic ring is 1. The predicted octanol–water partition coefficient (Wildman–Crippen LogP) is 1.96. The number of amides is 1. The molecule has 1 heterocycles. The molecule has 0 spiro atoms. The minimum Gasteiger partial charge on any atom is -0.396 e. The van der Waals surface area contributed by atoms with E-state index in [2.05, 4.69) is 10.4 Å². The second-order valence-electron chi connectivity index (χ2n) is 4.94. The van der Waals surface area contributed by atoms with E-state index in [1.807, 2.05) is 51.1 Å². The lowest BCUT2D eigenvalue weighted by atomic mass is 10.1. The van der Waals surface area contributed by atoms with E-state index in [9.17, 15) is 4.79 Å². The van der Waals surface area contributed by atoms with Gasteiger partial charge in [0.2, 0.25) is 5.91 Å². The molecule has 2 rings (SSSR count). The van der Waals surface area contributed by atoms with Gasteiger partial charge in [-0.1, -0.05) is 30.3 Å². The van der Waals surface area contributed by atoms with Crippen molar-refractivity contribution in [1.29, 1.82) is 0 Å². The summed E-state index contributed by atoms with van der Waals surface area (Å²) in [6.45, 7) is 5.84. The molecule has 1 atom stereocenters. The summed E-state index contributed by atoms with van der Waals surface area (Å²) >= 11 is 0. The Kier molecular flexibility index (Phi) is 4.08. The Labute approximate surface area is 118 Å². The van der Waals surface area contributed by atoms with Gasteiger partial charge in [-0.25, -0.2) is 0 Å². The van der Waals surface area contributed by atoms with Gasteiger partial charge in [0, 0.05) is 0 Å². The molecule has 0 aliphatic heterocycles. The van der Waals surface area contributed by atoms with Gasteiger partial charge in [-0.3, -0.25) is 9.48 Å². The number of hydrogen-bond donors (Lipinski definition) is 2. The summed E-state index contributed by atoms with van der Waals surface area (Å²) < 4.78 is 1.64. The molecule has 0 saturated heterocycles. The van der Waals surface area contributed by atoms with E-state index >= 15 is 0 Å². The Balaban J connectivity index is 2.01. The molecule has 20 heavy (non-hydrogen) atoms. The number of aromatic nitrogens is 2. The van der Waals surface area contributed by atoms with Crippen LogP contribution in [0.15, 0.2) is 30.3 Å². The summed E-state index contributed by atoms with van der Waals surface area (Å²) in [5, 5.41) is 7.22. The van der Waals surface area contributed by atoms with Gasteiger partial charge in [0.15, 0.2) is 0 Å². The molecule has 1 aromatic heterocycles. The molecule has 0 saturated carbocycles. The van der Waals surface area contributed by atoms with Crippen LogP contribution in [-0.2, 0) is 11.3 Å². The lowest BCUT2D eigenvalue weighted by Crippen LogP contribution is -2.30. The van der Waals surface area contributed by atoms with E-state index in [0.717, 1.165) is 17.0 Å². The SMILES string of the molecule is Cc1nn(CC(=O)N[C@@H](C)c2ccccc2)c(C)c1N. The maximum absolute atomic E-state index is 12.1. The highest BCUT2D eigenvalue weighted by Crippen LogP contribution is 2.15. The lowest BCUT2D eigenvalue weighted by molar-refractivity contribution is -0.122. The molecule has 0 aliphatic rings. The molecular formula is C15H20N4O. The molecule has 5 heteroatoms. The van der Waals surface area contributed by atoms with Crippen molar-refractivity contribution in [2.75, 3.05) is 5.73 Å². The molecule has 2 aromatic rings. The number of rotatable bonds is 4. The van der Waals surface area contributed by atoms with Crippen molar-refractivity contribution in [3.63, 3.8) is 0 Å². The highest BCUT2D eigenvalue weighted by atomic mass is 16.2. The topological polar surface area (TPSA) is 72.9 Å². The van der Waals surface area contributed by atoms with Crippen LogP contribution in [0.5, 0.6) is 0 Å². The molecule has 0 unspecified atom stereocenters. The average Bonchev–Trinajstić information content (AvgIpc) is 2.67. The number of aryl methyl sites for hydroxylation is 1. The Morgan fingerprint density at radius 1 is 1.35 bits per heavy atom. The lowest BCUT2D eigenvalue weighted by Gasteiger charge is -2.14. The van der Waals surface area contributed by atoms with Crippen LogP contribution >= 0.6 is 0 Å².